The molecule has 11 aromatic rings. The molecule has 3 aromatic heterocycles. The number of hydrogen-bond acceptors (Lipinski definition) is 22. The summed E-state index contributed by atoms with van der Waals surface area (Å²) in [7, 11) is 0. The Bertz CT molecular complexity index is 4770. The molecule has 112 heavy (non-hydrogen) atoms. The number of aromatic nitrogens is 8. The van der Waals surface area contributed by atoms with Gasteiger partial charge in [0.25, 0.3) is 0 Å². The Kier molecular flexibility index (Phi) is 27.7. The number of aromatic amines is 2. The van der Waals surface area contributed by atoms with E-state index in [0.29, 0.717) is 159 Å². The number of nitrogens with zero attached hydrogens (tertiary/aromatic N) is 10. The summed E-state index contributed by atoms with van der Waals surface area (Å²) in [5.41, 5.74) is 9.29. The van der Waals surface area contributed by atoms with Crippen molar-refractivity contribution >= 4 is 66.9 Å². The highest BCUT2D eigenvalue weighted by molar-refractivity contribution is 6.07. The molecule has 13 rings (SSSR count). The predicted octanol–water partition coefficient (Wildman–Crippen LogP) is 16.2. The Morgan fingerprint density at radius 3 is 0.723 bits per heavy atom. The Morgan fingerprint density at radius 2 is 0.455 bits per heavy atom. The molecule has 8 aromatic carbocycles. The fraction of sp³-hybridized carbons (Fsp3) is 0.364. The maximum Gasteiger partial charge on any atom is 0.164 e. The van der Waals surface area contributed by atoms with Crippen LogP contribution in [0.15, 0.2) is 170 Å². The lowest BCUT2D eigenvalue weighted by Gasteiger charge is -2.21. The van der Waals surface area contributed by atoms with Gasteiger partial charge in [0.15, 0.2) is 23.3 Å². The van der Waals surface area contributed by atoms with Gasteiger partial charge in [0.05, 0.1) is 52.9 Å². The summed E-state index contributed by atoms with van der Waals surface area (Å²) in [6, 6.07) is 55.9. The highest BCUT2D eigenvalue weighted by atomic mass is 16.6. The third kappa shape index (κ3) is 20.0. The van der Waals surface area contributed by atoms with Gasteiger partial charge in [0, 0.05) is 143 Å². The molecular weight excluding hydrogens is 1420 g/mol. The van der Waals surface area contributed by atoms with Gasteiger partial charge in [-0.05, 0) is 177 Å². The first-order chi connectivity index (χ1) is 55.1. The smallest absolute Gasteiger partial charge is 0.164 e. The van der Waals surface area contributed by atoms with E-state index in [9.17, 15) is 0 Å². The van der Waals surface area contributed by atoms with Gasteiger partial charge in [-0.25, -0.2) is 29.9 Å². The number of ether oxygens (including phenoxy) is 12. The second-order valence-corrected chi connectivity index (χ2v) is 26.4. The molecule has 586 valence electrons. The van der Waals surface area contributed by atoms with Crippen LogP contribution in [-0.4, -0.2) is 198 Å². The van der Waals surface area contributed by atoms with Crippen molar-refractivity contribution in [2.24, 2.45) is 0 Å². The highest BCUT2D eigenvalue weighted by Gasteiger charge is 2.25. The van der Waals surface area contributed by atoms with Gasteiger partial charge in [0.2, 0.25) is 0 Å². The van der Waals surface area contributed by atoms with Crippen LogP contribution in [0, 0.1) is 0 Å². The Morgan fingerprint density at radius 1 is 0.223 bits per heavy atom. The van der Waals surface area contributed by atoms with Crippen molar-refractivity contribution in [1.82, 2.24) is 39.9 Å². The van der Waals surface area contributed by atoms with E-state index < -0.39 is 0 Å². The number of rotatable bonds is 44. The molecule has 0 spiro atoms. The molecule has 2 aliphatic heterocycles. The number of anilines is 4. The molecule has 0 aliphatic carbocycles. The van der Waals surface area contributed by atoms with Crippen molar-refractivity contribution in [3.05, 3.63) is 170 Å². The van der Waals surface area contributed by atoms with Crippen molar-refractivity contribution < 1.29 is 56.8 Å². The fourth-order valence-corrected chi connectivity index (χ4v) is 13.7. The van der Waals surface area contributed by atoms with E-state index in [0.717, 1.165) is 131 Å². The van der Waals surface area contributed by atoms with E-state index >= 15 is 0 Å². The van der Waals surface area contributed by atoms with Crippen LogP contribution in [0.5, 0.6) is 46.0 Å². The van der Waals surface area contributed by atoms with Crippen LogP contribution in [-0.2, 0) is 18.9 Å². The number of benzene rings is 8. The molecule has 0 saturated heterocycles. The SMILES string of the molecule is CCN(CC)c1cccc(OCCOCCOc2ccc3c(c2)-c2nc-3nc3[nH]c(nc4nc(nc5[nH]c(n2)c2ccc(OCCOCCOc6cccc(N(CC)CC)c6)cc52)-c2ccc(OCCOCCOc5cccc(N(CC)CC)c5)cc2-4)c2ccc(OCCOCCOc4cccc(N(CC)CC)c4)cc32)c1. The standard InChI is InChI=1S/C88H102N12O12/c1-9-97(10-2)61-21-17-25-65(53-61)105-45-37-101-41-49-109-69-29-33-73-77(57-69)85-89-81(73)94-86-79-59-71(111-51-43-103-39-47-107-67-27-19-23-63(55-67)99(13-5)14-6)31-35-75(79)83(91-86)96-88-80-60-72(112-52-44-104-40-48-108-68-28-20-24-64(56-68)100(15-7)16-8)32-36-76(80)84(92-88)95-87-78-58-70(30-34-74(78)82(90-87)93-85)110-50-42-102-38-46-106-66-26-18-22-62(54-66)98(11-3)12-4/h17-36,53-60H,9-16,37-52H2,1-8H3,(H2,89,90,91,92,93,94,95,96). The van der Waals surface area contributed by atoms with Crippen molar-refractivity contribution in [1.29, 1.82) is 0 Å². The fourth-order valence-electron chi connectivity index (χ4n) is 13.7. The number of hydrogen-bond donors (Lipinski definition) is 2. The zero-order chi connectivity index (χ0) is 77.4. The van der Waals surface area contributed by atoms with Crippen LogP contribution in [0.25, 0.3) is 89.7 Å². The van der Waals surface area contributed by atoms with E-state index in [-0.39, 0.29) is 26.4 Å². The normalized spacial score (nSPS) is 11.5. The average Bonchev–Trinajstić information content (AvgIpc) is 1.60. The van der Waals surface area contributed by atoms with Gasteiger partial charge in [-0.3, -0.25) is 0 Å². The van der Waals surface area contributed by atoms with E-state index in [1.165, 1.54) is 0 Å². The maximum absolute atomic E-state index is 6.41. The highest BCUT2D eigenvalue weighted by Crippen LogP contribution is 2.41. The van der Waals surface area contributed by atoms with Crippen LogP contribution < -0.4 is 57.5 Å². The average molecular weight is 1520 g/mol. The molecule has 2 aliphatic rings. The molecule has 0 radical (unpaired) electrons. The summed E-state index contributed by atoms with van der Waals surface area (Å²) in [5, 5.41) is 2.96. The topological polar surface area (TPSA) is 233 Å². The summed E-state index contributed by atoms with van der Waals surface area (Å²) in [6.07, 6.45) is 0. The molecule has 5 heterocycles. The summed E-state index contributed by atoms with van der Waals surface area (Å²) in [6.45, 7) is 30.0. The second-order valence-electron chi connectivity index (χ2n) is 26.4. The summed E-state index contributed by atoms with van der Waals surface area (Å²) in [5.74, 6) is 7.18. The number of fused-ring (bicyclic) bond motifs is 20. The lowest BCUT2D eigenvalue weighted by atomic mass is 10.1. The molecule has 2 N–H and O–H groups in total. The van der Waals surface area contributed by atoms with Gasteiger partial charge in [-0.2, -0.15) is 0 Å². The zero-order valence-corrected chi connectivity index (χ0v) is 65.5. The summed E-state index contributed by atoms with van der Waals surface area (Å²) in [4.78, 5) is 48.3. The van der Waals surface area contributed by atoms with Gasteiger partial charge < -0.3 is 86.4 Å². The third-order valence-electron chi connectivity index (χ3n) is 19.5. The molecule has 0 atom stereocenters. The van der Waals surface area contributed by atoms with Gasteiger partial charge in [-0.15, -0.1) is 0 Å². The van der Waals surface area contributed by atoms with Crippen LogP contribution in [0.1, 0.15) is 55.4 Å². The Hall–Kier alpha value is -11.4. The molecule has 0 saturated carbocycles. The van der Waals surface area contributed by atoms with Crippen LogP contribution in [0.2, 0.25) is 0 Å². The molecule has 0 fully saturated rings. The van der Waals surface area contributed by atoms with Crippen molar-refractivity contribution in [2.45, 2.75) is 55.4 Å². The van der Waals surface area contributed by atoms with Crippen LogP contribution in [0.3, 0.4) is 0 Å². The molecular formula is C88H102N12O12. The van der Waals surface area contributed by atoms with Crippen molar-refractivity contribution in [3.8, 4) is 91.5 Å². The van der Waals surface area contributed by atoms with Gasteiger partial charge in [0.1, 0.15) is 121 Å². The summed E-state index contributed by atoms with van der Waals surface area (Å²) >= 11 is 0. The van der Waals surface area contributed by atoms with Crippen molar-refractivity contribution in [2.75, 3.05) is 178 Å². The van der Waals surface area contributed by atoms with E-state index in [4.69, 9.17) is 86.7 Å². The van der Waals surface area contributed by atoms with E-state index in [1.807, 2.05) is 121 Å². The van der Waals surface area contributed by atoms with Gasteiger partial charge in [-0.1, -0.05) is 24.3 Å². The minimum Gasteiger partial charge on any atom is -0.491 e. The molecule has 8 bridgehead atoms. The molecule has 24 nitrogen and oxygen atoms in total. The first kappa shape index (κ1) is 78.7. The van der Waals surface area contributed by atoms with E-state index in [2.05, 4.69) is 133 Å². The number of H-pyrrole nitrogens is 2. The predicted molar refractivity (Wildman–Crippen MR) is 443 cm³/mol. The minimum atomic E-state index is 0.280. The van der Waals surface area contributed by atoms with Crippen LogP contribution in [0.4, 0.5) is 22.7 Å². The largest absolute Gasteiger partial charge is 0.491 e. The quantitative estimate of drug-likeness (QED) is 0.0338. The Balaban J connectivity index is 0.794. The van der Waals surface area contributed by atoms with Crippen LogP contribution >= 0.6 is 0 Å². The molecule has 0 amide bonds. The zero-order valence-electron chi connectivity index (χ0n) is 65.5. The Labute approximate surface area is 654 Å². The second kappa shape index (κ2) is 39.5. The van der Waals surface area contributed by atoms with Gasteiger partial charge >= 0.3 is 0 Å². The van der Waals surface area contributed by atoms with Crippen molar-refractivity contribution in [3.63, 3.8) is 0 Å². The number of nitrogens with one attached hydrogen (secondary N) is 2. The third-order valence-corrected chi connectivity index (χ3v) is 19.5. The minimum absolute atomic E-state index is 0.280. The first-order valence-electron chi connectivity index (χ1n) is 39.3. The maximum atomic E-state index is 6.41. The lowest BCUT2D eigenvalue weighted by molar-refractivity contribution is 0.0764. The lowest BCUT2D eigenvalue weighted by Crippen LogP contribution is -2.21. The monoisotopic (exact) mass is 1520 g/mol. The summed E-state index contributed by atoms with van der Waals surface area (Å²) < 4.78 is 74.1. The molecule has 0 unspecified atom stereocenters. The first-order valence-corrected chi connectivity index (χ1v) is 39.3. The molecule has 24 heteroatoms. The van der Waals surface area contributed by atoms with E-state index in [1.54, 1.807) is 0 Å².